The summed E-state index contributed by atoms with van der Waals surface area (Å²) in [6.45, 7) is 2.04. The summed E-state index contributed by atoms with van der Waals surface area (Å²) in [4.78, 5) is 9.31. The zero-order valence-corrected chi connectivity index (χ0v) is 13.7. The van der Waals surface area contributed by atoms with Gasteiger partial charge in [-0.1, -0.05) is 6.07 Å². The first-order valence-electron chi connectivity index (χ1n) is 6.76. The van der Waals surface area contributed by atoms with E-state index in [-0.39, 0.29) is 0 Å². The first-order chi connectivity index (χ1) is 9.67. The van der Waals surface area contributed by atoms with Gasteiger partial charge in [-0.2, -0.15) is 0 Å². The van der Waals surface area contributed by atoms with Gasteiger partial charge in [0.05, 0.1) is 0 Å². The highest BCUT2D eigenvalue weighted by atomic mass is 127. The van der Waals surface area contributed by atoms with E-state index in [1.54, 1.807) is 0 Å². The molecule has 1 aliphatic carbocycles. The molecule has 2 N–H and O–H groups in total. The third-order valence-electron chi connectivity index (χ3n) is 3.43. The van der Waals surface area contributed by atoms with E-state index < -0.39 is 0 Å². The predicted molar refractivity (Wildman–Crippen MR) is 90.7 cm³/mol. The van der Waals surface area contributed by atoms with E-state index in [0.29, 0.717) is 5.92 Å². The molecule has 0 saturated heterocycles. The van der Waals surface area contributed by atoms with Crippen molar-refractivity contribution in [1.29, 1.82) is 0 Å². The van der Waals surface area contributed by atoms with E-state index in [2.05, 4.69) is 56.4 Å². The molecule has 104 valence electrons. The molecule has 20 heavy (non-hydrogen) atoms. The quantitative estimate of drug-likeness (QED) is 0.786. The van der Waals surface area contributed by atoms with Crippen molar-refractivity contribution in [2.24, 2.45) is 0 Å². The maximum absolute atomic E-state index is 4.70. The summed E-state index contributed by atoms with van der Waals surface area (Å²) in [6.07, 6.45) is 2.41. The fourth-order valence-corrected chi connectivity index (χ4v) is 2.67. The molecule has 0 aliphatic heterocycles. The monoisotopic (exact) mass is 380 g/mol. The summed E-state index contributed by atoms with van der Waals surface area (Å²) >= 11 is 2.31. The number of aromatic nitrogens is 2. The van der Waals surface area contributed by atoms with Crippen LogP contribution in [0.4, 0.5) is 17.3 Å². The van der Waals surface area contributed by atoms with Crippen LogP contribution in [-0.2, 0) is 0 Å². The van der Waals surface area contributed by atoms with Crippen LogP contribution < -0.4 is 10.6 Å². The lowest BCUT2D eigenvalue weighted by molar-refractivity contribution is 0.924. The van der Waals surface area contributed by atoms with Crippen LogP contribution in [0.1, 0.15) is 30.1 Å². The van der Waals surface area contributed by atoms with Gasteiger partial charge in [-0.15, -0.1) is 0 Å². The van der Waals surface area contributed by atoms with Crippen molar-refractivity contribution in [1.82, 2.24) is 9.97 Å². The Hall–Kier alpha value is -1.37. The number of nitrogens with zero attached hydrogens (tertiary/aromatic N) is 2. The van der Waals surface area contributed by atoms with Crippen LogP contribution >= 0.6 is 22.6 Å². The van der Waals surface area contributed by atoms with E-state index in [0.717, 1.165) is 28.7 Å². The van der Waals surface area contributed by atoms with Crippen LogP contribution in [0, 0.1) is 10.5 Å². The van der Waals surface area contributed by atoms with Crippen molar-refractivity contribution < 1.29 is 0 Å². The Morgan fingerprint density at radius 1 is 1.20 bits per heavy atom. The molecule has 1 aliphatic rings. The van der Waals surface area contributed by atoms with Gasteiger partial charge in [0.25, 0.3) is 0 Å². The van der Waals surface area contributed by atoms with Gasteiger partial charge < -0.3 is 10.6 Å². The Balaban J connectivity index is 1.97. The molecule has 0 bridgehead atoms. The summed E-state index contributed by atoms with van der Waals surface area (Å²) in [5.74, 6) is 3.30. The molecule has 1 heterocycles. The van der Waals surface area contributed by atoms with Gasteiger partial charge in [0.2, 0.25) is 0 Å². The number of hydrogen-bond acceptors (Lipinski definition) is 4. The lowest BCUT2D eigenvalue weighted by Gasteiger charge is -2.13. The van der Waals surface area contributed by atoms with Gasteiger partial charge in [-0.25, -0.2) is 9.97 Å². The largest absolute Gasteiger partial charge is 0.373 e. The van der Waals surface area contributed by atoms with Crippen molar-refractivity contribution in [2.75, 3.05) is 17.7 Å². The Morgan fingerprint density at radius 3 is 2.60 bits per heavy atom. The number of halogens is 1. The van der Waals surface area contributed by atoms with Crippen molar-refractivity contribution in [3.05, 3.63) is 39.2 Å². The SMILES string of the molecule is CNc1nc(C2CC2)nc(Nc2cccc(I)c2)c1C. The number of rotatable bonds is 4. The van der Waals surface area contributed by atoms with Crippen molar-refractivity contribution in [2.45, 2.75) is 25.7 Å². The predicted octanol–water partition coefficient (Wildman–Crippen LogP) is 4.05. The molecule has 2 aromatic rings. The van der Waals surface area contributed by atoms with Gasteiger partial charge >= 0.3 is 0 Å². The van der Waals surface area contributed by atoms with E-state index >= 15 is 0 Å². The average Bonchev–Trinajstić information content (AvgIpc) is 3.25. The summed E-state index contributed by atoms with van der Waals surface area (Å²) in [5.41, 5.74) is 2.11. The molecule has 0 atom stereocenters. The fourth-order valence-electron chi connectivity index (χ4n) is 2.13. The molecule has 0 amide bonds. The minimum Gasteiger partial charge on any atom is -0.373 e. The fraction of sp³-hybridized carbons (Fsp3) is 0.333. The van der Waals surface area contributed by atoms with Gasteiger partial charge in [-0.3, -0.25) is 0 Å². The maximum Gasteiger partial charge on any atom is 0.139 e. The zero-order valence-electron chi connectivity index (χ0n) is 11.6. The standard InChI is InChI=1S/C15H17IN4/c1-9-13(17-2)19-15(10-6-7-10)20-14(9)18-12-5-3-4-11(16)8-12/h3-5,8,10H,6-7H2,1-2H3,(H2,17,18,19,20). The second-order valence-corrected chi connectivity index (χ2v) is 6.31. The highest BCUT2D eigenvalue weighted by Gasteiger charge is 2.28. The first-order valence-corrected chi connectivity index (χ1v) is 7.84. The van der Waals surface area contributed by atoms with Crippen LogP contribution in [0.15, 0.2) is 24.3 Å². The van der Waals surface area contributed by atoms with Gasteiger partial charge in [0.1, 0.15) is 17.5 Å². The van der Waals surface area contributed by atoms with Crippen LogP contribution in [0.25, 0.3) is 0 Å². The lowest BCUT2D eigenvalue weighted by atomic mass is 10.2. The smallest absolute Gasteiger partial charge is 0.139 e. The number of benzene rings is 1. The minimum absolute atomic E-state index is 0.541. The topological polar surface area (TPSA) is 49.8 Å². The molecule has 1 aromatic carbocycles. The number of hydrogen-bond donors (Lipinski definition) is 2. The minimum atomic E-state index is 0.541. The van der Waals surface area contributed by atoms with E-state index in [1.807, 2.05) is 20.0 Å². The Kier molecular flexibility index (Phi) is 3.78. The lowest BCUT2D eigenvalue weighted by Crippen LogP contribution is -2.06. The Morgan fingerprint density at radius 2 is 1.95 bits per heavy atom. The molecule has 4 nitrogen and oxygen atoms in total. The third-order valence-corrected chi connectivity index (χ3v) is 4.10. The normalized spacial score (nSPS) is 14.2. The number of nitrogens with one attached hydrogen (secondary N) is 2. The summed E-state index contributed by atoms with van der Waals surface area (Å²) in [7, 11) is 1.90. The van der Waals surface area contributed by atoms with E-state index in [9.17, 15) is 0 Å². The average molecular weight is 380 g/mol. The molecule has 1 fully saturated rings. The second kappa shape index (κ2) is 5.55. The molecule has 0 spiro atoms. The van der Waals surface area contributed by atoms with Crippen LogP contribution in [0.5, 0.6) is 0 Å². The van der Waals surface area contributed by atoms with Gasteiger partial charge in [0, 0.05) is 27.8 Å². The second-order valence-electron chi connectivity index (χ2n) is 5.06. The summed E-state index contributed by atoms with van der Waals surface area (Å²) in [5, 5.41) is 6.58. The van der Waals surface area contributed by atoms with Crippen molar-refractivity contribution >= 4 is 39.9 Å². The first kappa shape index (κ1) is 13.6. The molecule has 3 rings (SSSR count). The Bertz CT molecular complexity index is 638. The zero-order chi connectivity index (χ0) is 14.1. The molecule has 0 radical (unpaired) electrons. The molecular formula is C15H17IN4. The van der Waals surface area contributed by atoms with E-state index in [1.165, 1.54) is 16.4 Å². The maximum atomic E-state index is 4.70. The van der Waals surface area contributed by atoms with E-state index in [4.69, 9.17) is 4.98 Å². The summed E-state index contributed by atoms with van der Waals surface area (Å²) in [6, 6.07) is 8.28. The van der Waals surface area contributed by atoms with Crippen molar-refractivity contribution in [3.63, 3.8) is 0 Å². The summed E-state index contributed by atoms with van der Waals surface area (Å²) < 4.78 is 1.20. The highest BCUT2D eigenvalue weighted by Crippen LogP contribution is 2.39. The van der Waals surface area contributed by atoms with Gasteiger partial charge in [0.15, 0.2) is 0 Å². The highest BCUT2D eigenvalue weighted by molar-refractivity contribution is 14.1. The molecular weight excluding hydrogens is 363 g/mol. The van der Waals surface area contributed by atoms with Crippen LogP contribution in [-0.4, -0.2) is 17.0 Å². The Labute approximate surface area is 132 Å². The molecule has 5 heteroatoms. The number of anilines is 3. The molecule has 1 aromatic heterocycles. The molecule has 1 saturated carbocycles. The van der Waals surface area contributed by atoms with Crippen LogP contribution in [0.3, 0.4) is 0 Å². The van der Waals surface area contributed by atoms with Crippen molar-refractivity contribution in [3.8, 4) is 0 Å². The van der Waals surface area contributed by atoms with Crippen LogP contribution in [0.2, 0.25) is 0 Å². The third kappa shape index (κ3) is 2.87. The van der Waals surface area contributed by atoms with Gasteiger partial charge in [-0.05, 0) is 60.6 Å². The molecule has 0 unspecified atom stereocenters.